The van der Waals surface area contributed by atoms with E-state index in [4.69, 9.17) is 4.42 Å². The van der Waals surface area contributed by atoms with Crippen molar-refractivity contribution >= 4 is 11.8 Å². The van der Waals surface area contributed by atoms with E-state index in [1.54, 1.807) is 4.90 Å². The van der Waals surface area contributed by atoms with E-state index in [0.29, 0.717) is 25.3 Å². The SMILES string of the molecule is CCc1oc(C(=O)N2CCC(=O)NC[C@@H]2C)cc1CN(CC)CC. The fraction of sp³-hybridized carbons (Fsp3) is 0.667. The van der Waals surface area contributed by atoms with Gasteiger partial charge in [-0.25, -0.2) is 0 Å². The summed E-state index contributed by atoms with van der Waals surface area (Å²) < 4.78 is 5.86. The Kier molecular flexibility index (Phi) is 6.43. The van der Waals surface area contributed by atoms with Crippen LogP contribution in [0.5, 0.6) is 0 Å². The Morgan fingerprint density at radius 1 is 1.38 bits per heavy atom. The molecule has 24 heavy (non-hydrogen) atoms. The highest BCUT2D eigenvalue weighted by atomic mass is 16.4. The van der Waals surface area contributed by atoms with Crippen molar-refractivity contribution in [2.75, 3.05) is 26.2 Å². The molecule has 6 nitrogen and oxygen atoms in total. The third-order valence-electron chi connectivity index (χ3n) is 4.68. The third-order valence-corrected chi connectivity index (χ3v) is 4.68. The average Bonchev–Trinajstić information content (AvgIpc) is 2.92. The topological polar surface area (TPSA) is 65.8 Å². The van der Waals surface area contributed by atoms with Crippen LogP contribution in [0.1, 0.15) is 56.0 Å². The van der Waals surface area contributed by atoms with Gasteiger partial charge in [-0.1, -0.05) is 20.8 Å². The lowest BCUT2D eigenvalue weighted by molar-refractivity contribution is -0.120. The van der Waals surface area contributed by atoms with Gasteiger partial charge in [-0.15, -0.1) is 0 Å². The van der Waals surface area contributed by atoms with Crippen LogP contribution in [0.3, 0.4) is 0 Å². The highest BCUT2D eigenvalue weighted by Crippen LogP contribution is 2.21. The molecular weight excluding hydrogens is 306 g/mol. The van der Waals surface area contributed by atoms with Gasteiger partial charge in [0.05, 0.1) is 0 Å². The minimum absolute atomic E-state index is 0.00642. The molecule has 1 fully saturated rings. The maximum atomic E-state index is 12.9. The number of carbonyl (C=O) groups excluding carboxylic acids is 2. The summed E-state index contributed by atoms with van der Waals surface area (Å²) in [5.41, 5.74) is 1.08. The van der Waals surface area contributed by atoms with Gasteiger partial charge in [-0.2, -0.15) is 0 Å². The second-order valence-electron chi connectivity index (χ2n) is 6.28. The zero-order valence-corrected chi connectivity index (χ0v) is 15.2. The fourth-order valence-corrected chi connectivity index (χ4v) is 3.04. The summed E-state index contributed by atoms with van der Waals surface area (Å²) in [6.07, 6.45) is 1.10. The summed E-state index contributed by atoms with van der Waals surface area (Å²) in [7, 11) is 0. The average molecular weight is 335 g/mol. The molecule has 1 aliphatic heterocycles. The predicted molar refractivity (Wildman–Crippen MR) is 92.8 cm³/mol. The molecule has 134 valence electrons. The van der Waals surface area contributed by atoms with Crippen molar-refractivity contribution in [1.29, 1.82) is 0 Å². The van der Waals surface area contributed by atoms with Crippen LogP contribution in [0, 0.1) is 0 Å². The number of carbonyl (C=O) groups is 2. The summed E-state index contributed by atoms with van der Waals surface area (Å²) in [5, 5.41) is 2.83. The minimum atomic E-state index is -0.125. The molecule has 2 rings (SSSR count). The molecule has 1 aliphatic rings. The van der Waals surface area contributed by atoms with Crippen molar-refractivity contribution in [2.45, 2.75) is 53.1 Å². The minimum Gasteiger partial charge on any atom is -0.456 e. The molecule has 0 aromatic carbocycles. The Balaban J connectivity index is 2.19. The molecule has 0 aliphatic carbocycles. The van der Waals surface area contributed by atoms with Gasteiger partial charge in [-0.3, -0.25) is 14.5 Å². The van der Waals surface area contributed by atoms with Crippen molar-refractivity contribution in [3.8, 4) is 0 Å². The van der Waals surface area contributed by atoms with Crippen molar-refractivity contribution in [3.63, 3.8) is 0 Å². The van der Waals surface area contributed by atoms with Crippen molar-refractivity contribution in [3.05, 3.63) is 23.2 Å². The van der Waals surface area contributed by atoms with Gasteiger partial charge in [0.25, 0.3) is 5.91 Å². The number of hydrogen-bond donors (Lipinski definition) is 1. The first-order valence-corrected chi connectivity index (χ1v) is 8.91. The number of aryl methyl sites for hydroxylation is 1. The summed E-state index contributed by atoms with van der Waals surface area (Å²) in [6, 6.07) is 1.84. The molecule has 1 saturated heterocycles. The zero-order chi connectivity index (χ0) is 17.7. The van der Waals surface area contributed by atoms with Gasteiger partial charge < -0.3 is 14.6 Å². The molecule has 1 aromatic heterocycles. The van der Waals surface area contributed by atoms with Crippen LogP contribution in [0.15, 0.2) is 10.5 Å². The van der Waals surface area contributed by atoms with Crippen LogP contribution in [-0.4, -0.2) is 53.8 Å². The number of nitrogens with one attached hydrogen (secondary N) is 1. The lowest BCUT2D eigenvalue weighted by Gasteiger charge is -2.25. The molecule has 1 N–H and O–H groups in total. The molecular formula is C18H29N3O3. The highest BCUT2D eigenvalue weighted by molar-refractivity contribution is 5.92. The summed E-state index contributed by atoms with van der Waals surface area (Å²) >= 11 is 0. The Morgan fingerprint density at radius 3 is 2.71 bits per heavy atom. The lowest BCUT2D eigenvalue weighted by atomic mass is 10.2. The quantitative estimate of drug-likeness (QED) is 0.864. The molecule has 1 aromatic rings. The maximum Gasteiger partial charge on any atom is 0.289 e. The Morgan fingerprint density at radius 2 is 2.08 bits per heavy atom. The van der Waals surface area contributed by atoms with Crippen LogP contribution >= 0.6 is 0 Å². The molecule has 0 saturated carbocycles. The van der Waals surface area contributed by atoms with E-state index < -0.39 is 0 Å². The van der Waals surface area contributed by atoms with Crippen LogP contribution < -0.4 is 5.32 Å². The molecule has 0 bridgehead atoms. The molecule has 6 heteroatoms. The molecule has 0 radical (unpaired) electrons. The van der Waals surface area contributed by atoms with Gasteiger partial charge in [0, 0.05) is 44.1 Å². The fourth-order valence-electron chi connectivity index (χ4n) is 3.04. The van der Waals surface area contributed by atoms with Gasteiger partial charge >= 0.3 is 0 Å². The van der Waals surface area contributed by atoms with E-state index in [1.165, 1.54) is 0 Å². The number of nitrogens with zero attached hydrogens (tertiary/aromatic N) is 2. The highest BCUT2D eigenvalue weighted by Gasteiger charge is 2.28. The molecule has 2 amide bonds. The number of amides is 2. The second kappa shape index (κ2) is 8.33. The first-order chi connectivity index (χ1) is 11.5. The molecule has 2 heterocycles. The first kappa shape index (κ1) is 18.5. The largest absolute Gasteiger partial charge is 0.456 e. The lowest BCUT2D eigenvalue weighted by Crippen LogP contribution is -2.41. The van der Waals surface area contributed by atoms with E-state index in [2.05, 4.69) is 24.1 Å². The Bertz CT molecular complexity index is 578. The summed E-state index contributed by atoms with van der Waals surface area (Å²) in [5.74, 6) is 1.13. The number of hydrogen-bond acceptors (Lipinski definition) is 4. The number of furan rings is 1. The molecule has 0 spiro atoms. The van der Waals surface area contributed by atoms with Gasteiger partial charge in [0.2, 0.25) is 5.91 Å². The molecule has 1 atom stereocenters. The summed E-state index contributed by atoms with van der Waals surface area (Å²) in [4.78, 5) is 28.4. The molecule has 0 unspecified atom stereocenters. The van der Waals surface area contributed by atoms with Crippen LogP contribution in [0.2, 0.25) is 0 Å². The van der Waals surface area contributed by atoms with E-state index in [0.717, 1.165) is 37.4 Å². The predicted octanol–water partition coefficient (Wildman–Crippen LogP) is 2.03. The van der Waals surface area contributed by atoms with E-state index >= 15 is 0 Å². The second-order valence-corrected chi connectivity index (χ2v) is 6.28. The Hall–Kier alpha value is -1.82. The van der Waals surface area contributed by atoms with Crippen molar-refractivity contribution in [2.24, 2.45) is 0 Å². The standard InChI is InChI=1S/C18H29N3O3/c1-5-15-14(12-20(6-2)7-3)10-16(24-15)18(23)21-9-8-17(22)19-11-13(21)4/h10,13H,5-9,11-12H2,1-4H3,(H,19,22)/t13-/m0/s1. The van der Waals surface area contributed by atoms with Crippen LogP contribution in [-0.2, 0) is 17.8 Å². The van der Waals surface area contributed by atoms with Gasteiger partial charge in [0.1, 0.15) is 5.76 Å². The normalized spacial score (nSPS) is 18.6. The van der Waals surface area contributed by atoms with Crippen LogP contribution in [0.4, 0.5) is 0 Å². The van der Waals surface area contributed by atoms with Crippen molar-refractivity contribution in [1.82, 2.24) is 15.1 Å². The maximum absolute atomic E-state index is 12.9. The van der Waals surface area contributed by atoms with Crippen molar-refractivity contribution < 1.29 is 14.0 Å². The van der Waals surface area contributed by atoms with E-state index in [-0.39, 0.29) is 17.9 Å². The van der Waals surface area contributed by atoms with Crippen LogP contribution in [0.25, 0.3) is 0 Å². The van der Waals surface area contributed by atoms with E-state index in [9.17, 15) is 9.59 Å². The summed E-state index contributed by atoms with van der Waals surface area (Å²) in [6.45, 7) is 11.9. The number of rotatable bonds is 6. The first-order valence-electron chi connectivity index (χ1n) is 8.91. The third kappa shape index (κ3) is 4.17. The zero-order valence-electron chi connectivity index (χ0n) is 15.2. The van der Waals surface area contributed by atoms with Gasteiger partial charge in [0.15, 0.2) is 5.76 Å². The van der Waals surface area contributed by atoms with E-state index in [1.807, 2.05) is 19.9 Å². The van der Waals surface area contributed by atoms with Gasteiger partial charge in [-0.05, 0) is 26.1 Å². The monoisotopic (exact) mass is 335 g/mol. The Labute approximate surface area is 144 Å². The smallest absolute Gasteiger partial charge is 0.289 e.